The van der Waals surface area contributed by atoms with E-state index in [1.54, 1.807) is 38.6 Å². The number of methoxy groups -OCH3 is 2. The largest absolute Gasteiger partial charge is 0.508 e. The van der Waals surface area contributed by atoms with Crippen LogP contribution < -0.4 is 14.8 Å². The van der Waals surface area contributed by atoms with E-state index in [4.69, 9.17) is 9.47 Å². The number of aromatic hydroxyl groups is 1. The van der Waals surface area contributed by atoms with Gasteiger partial charge in [-0.1, -0.05) is 6.07 Å². The maximum atomic E-state index is 12.6. The molecule has 1 aliphatic heterocycles. The minimum atomic E-state index is -0.239. The molecule has 2 N–H and O–H groups in total. The van der Waals surface area contributed by atoms with E-state index in [-0.39, 0.29) is 37.0 Å². The number of ether oxygens (including phenoxy) is 2. The standard InChI is InChI=1S/C21H22N2O5/c1-27-18-10-14-6-8-23(21(26)12-15(14)11-19(18)28-2)9-7-20(25)22-16-4-3-5-17(24)13-16/h3-6,8,10-11,13,24H,7,9,12H2,1-2H3,(H,22,25). The predicted molar refractivity (Wildman–Crippen MR) is 105 cm³/mol. The number of phenols is 1. The van der Waals surface area contributed by atoms with E-state index >= 15 is 0 Å². The molecule has 0 aliphatic carbocycles. The molecule has 0 radical (unpaired) electrons. The molecule has 7 heteroatoms. The lowest BCUT2D eigenvalue weighted by Gasteiger charge is -2.17. The third kappa shape index (κ3) is 4.43. The second kappa shape index (κ2) is 8.47. The normalized spacial score (nSPS) is 12.9. The van der Waals surface area contributed by atoms with Crippen LogP contribution >= 0.6 is 0 Å². The predicted octanol–water partition coefficient (Wildman–Crippen LogP) is 2.79. The lowest BCUT2D eigenvalue weighted by atomic mass is 10.0. The molecule has 146 valence electrons. The molecule has 0 saturated heterocycles. The van der Waals surface area contributed by atoms with Gasteiger partial charge in [-0.15, -0.1) is 0 Å². The lowest BCUT2D eigenvalue weighted by Crippen LogP contribution is -2.29. The van der Waals surface area contributed by atoms with Gasteiger partial charge in [-0.05, 0) is 41.5 Å². The van der Waals surface area contributed by atoms with E-state index in [0.29, 0.717) is 17.2 Å². The van der Waals surface area contributed by atoms with E-state index < -0.39 is 0 Å². The van der Waals surface area contributed by atoms with Crippen LogP contribution in [0, 0.1) is 0 Å². The number of hydrogen-bond donors (Lipinski definition) is 2. The van der Waals surface area contributed by atoms with Gasteiger partial charge in [-0.2, -0.15) is 0 Å². The molecule has 2 aromatic rings. The summed E-state index contributed by atoms with van der Waals surface area (Å²) >= 11 is 0. The van der Waals surface area contributed by atoms with E-state index in [0.717, 1.165) is 11.1 Å². The summed E-state index contributed by atoms with van der Waals surface area (Å²) in [5.41, 5.74) is 2.22. The molecule has 7 nitrogen and oxygen atoms in total. The van der Waals surface area contributed by atoms with Gasteiger partial charge in [0, 0.05) is 30.9 Å². The molecule has 2 aromatic carbocycles. The monoisotopic (exact) mass is 382 g/mol. The van der Waals surface area contributed by atoms with Crippen molar-refractivity contribution >= 4 is 23.6 Å². The first-order chi connectivity index (χ1) is 13.5. The maximum Gasteiger partial charge on any atom is 0.230 e. The SMILES string of the molecule is COc1cc2c(cc1OC)CC(=O)N(CCC(=O)Nc1cccc(O)c1)C=C2. The summed E-state index contributed by atoms with van der Waals surface area (Å²) in [7, 11) is 3.11. The van der Waals surface area contributed by atoms with E-state index in [1.807, 2.05) is 12.1 Å². The quantitative estimate of drug-likeness (QED) is 0.802. The van der Waals surface area contributed by atoms with Gasteiger partial charge in [-0.25, -0.2) is 0 Å². The number of phenolic OH excluding ortho intramolecular Hbond substituents is 1. The Morgan fingerprint density at radius 1 is 1.18 bits per heavy atom. The molecule has 0 bridgehead atoms. The summed E-state index contributed by atoms with van der Waals surface area (Å²) in [6.45, 7) is 0.252. The van der Waals surface area contributed by atoms with Crippen LogP contribution in [0.25, 0.3) is 6.08 Å². The van der Waals surface area contributed by atoms with Gasteiger partial charge < -0.3 is 24.8 Å². The number of amides is 2. The number of anilines is 1. The van der Waals surface area contributed by atoms with Crippen LogP contribution in [0.2, 0.25) is 0 Å². The summed E-state index contributed by atoms with van der Waals surface area (Å²) in [5, 5.41) is 12.2. The zero-order valence-electron chi connectivity index (χ0n) is 15.8. The second-order valence-corrected chi connectivity index (χ2v) is 6.33. The fraction of sp³-hybridized carbons (Fsp3) is 0.238. The highest BCUT2D eigenvalue weighted by Gasteiger charge is 2.20. The van der Waals surface area contributed by atoms with Crippen LogP contribution in [0.3, 0.4) is 0 Å². The Morgan fingerprint density at radius 3 is 2.64 bits per heavy atom. The number of nitrogens with zero attached hydrogens (tertiary/aromatic N) is 1. The molecule has 0 atom stereocenters. The first-order valence-corrected chi connectivity index (χ1v) is 8.81. The maximum absolute atomic E-state index is 12.6. The zero-order valence-corrected chi connectivity index (χ0v) is 15.8. The molecular weight excluding hydrogens is 360 g/mol. The Hall–Kier alpha value is -3.48. The van der Waals surface area contributed by atoms with Crippen molar-refractivity contribution in [3.05, 3.63) is 53.7 Å². The van der Waals surface area contributed by atoms with Crippen LogP contribution in [-0.4, -0.2) is 42.6 Å². The Morgan fingerprint density at radius 2 is 1.93 bits per heavy atom. The van der Waals surface area contributed by atoms with Crippen molar-refractivity contribution in [1.82, 2.24) is 4.90 Å². The topological polar surface area (TPSA) is 88.1 Å². The molecule has 2 amide bonds. The lowest BCUT2D eigenvalue weighted by molar-refractivity contribution is -0.128. The van der Waals surface area contributed by atoms with Gasteiger partial charge in [0.15, 0.2) is 11.5 Å². The van der Waals surface area contributed by atoms with Crippen molar-refractivity contribution in [3.63, 3.8) is 0 Å². The second-order valence-electron chi connectivity index (χ2n) is 6.33. The molecule has 3 rings (SSSR count). The van der Waals surface area contributed by atoms with E-state index in [2.05, 4.69) is 5.32 Å². The van der Waals surface area contributed by atoms with Crippen LogP contribution in [0.5, 0.6) is 17.2 Å². The first kappa shape index (κ1) is 19.3. The molecule has 0 aromatic heterocycles. The average Bonchev–Trinajstić information content (AvgIpc) is 2.83. The van der Waals surface area contributed by atoms with Crippen LogP contribution in [0.4, 0.5) is 5.69 Å². The van der Waals surface area contributed by atoms with Crippen LogP contribution in [-0.2, 0) is 16.0 Å². The van der Waals surface area contributed by atoms with E-state index in [9.17, 15) is 14.7 Å². The van der Waals surface area contributed by atoms with Crippen molar-refractivity contribution < 1.29 is 24.2 Å². The van der Waals surface area contributed by atoms with Gasteiger partial charge >= 0.3 is 0 Å². The molecule has 28 heavy (non-hydrogen) atoms. The summed E-state index contributed by atoms with van der Waals surface area (Å²) in [6, 6.07) is 9.95. The Labute approximate surface area is 163 Å². The van der Waals surface area contributed by atoms with Gasteiger partial charge in [0.1, 0.15) is 5.75 Å². The van der Waals surface area contributed by atoms with Crippen molar-refractivity contribution in [2.75, 3.05) is 26.1 Å². The molecule has 0 fully saturated rings. The zero-order chi connectivity index (χ0) is 20.1. The summed E-state index contributed by atoms with van der Waals surface area (Å²) in [5.74, 6) is 0.898. The van der Waals surface area contributed by atoms with Crippen molar-refractivity contribution in [2.45, 2.75) is 12.8 Å². The summed E-state index contributed by atoms with van der Waals surface area (Å²) < 4.78 is 10.6. The highest BCUT2D eigenvalue weighted by atomic mass is 16.5. The molecule has 1 aliphatic rings. The first-order valence-electron chi connectivity index (χ1n) is 8.81. The van der Waals surface area contributed by atoms with Gasteiger partial charge in [0.2, 0.25) is 11.8 Å². The Kier molecular flexibility index (Phi) is 5.84. The Balaban J connectivity index is 1.65. The van der Waals surface area contributed by atoms with Crippen molar-refractivity contribution in [2.24, 2.45) is 0 Å². The van der Waals surface area contributed by atoms with Crippen LogP contribution in [0.15, 0.2) is 42.6 Å². The highest BCUT2D eigenvalue weighted by Crippen LogP contribution is 2.32. The molecule has 1 heterocycles. The van der Waals surface area contributed by atoms with E-state index in [1.165, 1.54) is 17.0 Å². The van der Waals surface area contributed by atoms with Gasteiger partial charge in [0.05, 0.1) is 20.6 Å². The number of carbonyl (C=O) groups is 2. The fourth-order valence-electron chi connectivity index (χ4n) is 2.99. The third-order valence-corrected chi connectivity index (χ3v) is 4.45. The van der Waals surface area contributed by atoms with Crippen molar-refractivity contribution in [3.8, 4) is 17.2 Å². The van der Waals surface area contributed by atoms with Gasteiger partial charge in [-0.3, -0.25) is 9.59 Å². The summed E-state index contributed by atoms with van der Waals surface area (Å²) in [6.07, 6.45) is 3.85. The fourth-order valence-corrected chi connectivity index (χ4v) is 2.99. The number of carbonyl (C=O) groups excluding carboxylic acids is 2. The van der Waals surface area contributed by atoms with Crippen LogP contribution in [0.1, 0.15) is 17.5 Å². The molecule has 0 spiro atoms. The number of benzene rings is 2. The average molecular weight is 382 g/mol. The third-order valence-electron chi connectivity index (χ3n) is 4.45. The smallest absolute Gasteiger partial charge is 0.230 e. The molecule has 0 saturated carbocycles. The van der Waals surface area contributed by atoms with Crippen molar-refractivity contribution in [1.29, 1.82) is 0 Å². The minimum Gasteiger partial charge on any atom is -0.508 e. The molecule has 0 unspecified atom stereocenters. The summed E-state index contributed by atoms with van der Waals surface area (Å²) in [4.78, 5) is 26.3. The number of nitrogens with one attached hydrogen (secondary N) is 1. The number of hydrogen-bond acceptors (Lipinski definition) is 5. The minimum absolute atomic E-state index is 0.0760. The number of fused-ring (bicyclic) bond motifs is 1. The molecular formula is C21H22N2O5. The highest BCUT2D eigenvalue weighted by molar-refractivity contribution is 5.91. The number of rotatable bonds is 6. The van der Waals surface area contributed by atoms with Gasteiger partial charge in [0.25, 0.3) is 0 Å². The Bertz CT molecular complexity index is 923.